The van der Waals surface area contributed by atoms with Crippen molar-refractivity contribution in [3.63, 3.8) is 0 Å². The average Bonchev–Trinajstić information content (AvgIpc) is 2.94. The van der Waals surface area contributed by atoms with E-state index < -0.39 is 0 Å². The Labute approximate surface area is 114 Å². The van der Waals surface area contributed by atoms with E-state index in [2.05, 4.69) is 17.1 Å². The summed E-state index contributed by atoms with van der Waals surface area (Å²) in [5.74, 6) is 0.0539. The van der Waals surface area contributed by atoms with Gasteiger partial charge < -0.3 is 10.1 Å². The summed E-state index contributed by atoms with van der Waals surface area (Å²) in [6, 6.07) is 5.77. The number of methoxy groups -OCH3 is 1. The largest absolute Gasteiger partial charge is 0.494 e. The molecule has 1 saturated heterocycles. The standard InChI is InChI=1S/C15H23FN2O/c1-12(18-8-3-4-9-18)10-17-11-13-6-5-7-14(19-2)15(13)16/h5-7,12,17H,3-4,8-11H2,1-2H3. The predicted molar refractivity (Wildman–Crippen MR) is 74.9 cm³/mol. The molecule has 1 aliphatic rings. The van der Waals surface area contributed by atoms with Gasteiger partial charge in [0.25, 0.3) is 0 Å². The minimum atomic E-state index is -0.258. The molecule has 0 bridgehead atoms. The van der Waals surface area contributed by atoms with Crippen molar-refractivity contribution in [2.24, 2.45) is 0 Å². The Kier molecular flexibility index (Phi) is 5.16. The highest BCUT2D eigenvalue weighted by Gasteiger charge is 2.17. The normalized spacial score (nSPS) is 17.6. The number of likely N-dealkylation sites (tertiary alicyclic amines) is 1. The van der Waals surface area contributed by atoms with Crippen LogP contribution in [0.5, 0.6) is 5.75 Å². The minimum absolute atomic E-state index is 0.258. The topological polar surface area (TPSA) is 24.5 Å². The van der Waals surface area contributed by atoms with Gasteiger partial charge in [0, 0.05) is 24.7 Å². The fraction of sp³-hybridized carbons (Fsp3) is 0.600. The highest BCUT2D eigenvalue weighted by molar-refractivity contribution is 5.30. The maximum Gasteiger partial charge on any atom is 0.169 e. The summed E-state index contributed by atoms with van der Waals surface area (Å²) in [4.78, 5) is 2.48. The molecule has 1 heterocycles. The molecule has 3 nitrogen and oxygen atoms in total. The fourth-order valence-corrected chi connectivity index (χ4v) is 2.58. The van der Waals surface area contributed by atoms with Crippen LogP contribution in [0.3, 0.4) is 0 Å². The molecule has 1 aromatic rings. The van der Waals surface area contributed by atoms with Crippen molar-refractivity contribution in [2.45, 2.75) is 32.4 Å². The van der Waals surface area contributed by atoms with Crippen molar-refractivity contribution in [1.82, 2.24) is 10.2 Å². The summed E-state index contributed by atoms with van der Waals surface area (Å²) in [5, 5.41) is 3.33. The molecule has 0 aliphatic carbocycles. The second-order valence-corrected chi connectivity index (χ2v) is 5.16. The van der Waals surface area contributed by atoms with Crippen molar-refractivity contribution >= 4 is 0 Å². The Bertz CT molecular complexity index is 405. The van der Waals surface area contributed by atoms with E-state index in [0.717, 1.165) is 6.54 Å². The minimum Gasteiger partial charge on any atom is -0.494 e. The zero-order chi connectivity index (χ0) is 13.7. The van der Waals surface area contributed by atoms with Crippen molar-refractivity contribution in [3.8, 4) is 5.75 Å². The maximum absolute atomic E-state index is 13.9. The van der Waals surface area contributed by atoms with Gasteiger partial charge in [0.05, 0.1) is 7.11 Å². The van der Waals surface area contributed by atoms with Crippen LogP contribution in [0.15, 0.2) is 18.2 Å². The van der Waals surface area contributed by atoms with Gasteiger partial charge in [-0.3, -0.25) is 4.90 Å². The van der Waals surface area contributed by atoms with Crippen molar-refractivity contribution in [2.75, 3.05) is 26.7 Å². The number of benzene rings is 1. The van der Waals surface area contributed by atoms with Crippen LogP contribution in [0.25, 0.3) is 0 Å². The molecule has 1 aliphatic heterocycles. The second kappa shape index (κ2) is 6.87. The number of hydrogen-bond acceptors (Lipinski definition) is 3. The van der Waals surface area contributed by atoms with Gasteiger partial charge in [-0.1, -0.05) is 12.1 Å². The summed E-state index contributed by atoms with van der Waals surface area (Å²) >= 11 is 0. The van der Waals surface area contributed by atoms with Gasteiger partial charge in [-0.2, -0.15) is 0 Å². The molecule has 0 amide bonds. The summed E-state index contributed by atoms with van der Waals surface area (Å²) < 4.78 is 18.9. The quantitative estimate of drug-likeness (QED) is 0.855. The molecule has 2 rings (SSSR count). The lowest BCUT2D eigenvalue weighted by molar-refractivity contribution is 0.251. The van der Waals surface area contributed by atoms with Crippen molar-refractivity contribution in [3.05, 3.63) is 29.6 Å². The maximum atomic E-state index is 13.9. The van der Waals surface area contributed by atoms with E-state index in [4.69, 9.17) is 4.74 Å². The smallest absolute Gasteiger partial charge is 0.169 e. The molecule has 0 spiro atoms. The molecule has 4 heteroatoms. The van der Waals surface area contributed by atoms with Gasteiger partial charge in [0.2, 0.25) is 0 Å². The Balaban J connectivity index is 1.82. The first kappa shape index (κ1) is 14.3. The second-order valence-electron chi connectivity index (χ2n) is 5.16. The molecule has 0 radical (unpaired) electrons. The van der Waals surface area contributed by atoms with E-state index in [1.54, 1.807) is 12.1 Å². The molecule has 1 atom stereocenters. The van der Waals surface area contributed by atoms with Gasteiger partial charge in [-0.25, -0.2) is 4.39 Å². The lowest BCUT2D eigenvalue weighted by Crippen LogP contribution is -2.38. The van der Waals surface area contributed by atoms with Crippen LogP contribution in [-0.4, -0.2) is 37.7 Å². The van der Waals surface area contributed by atoms with Crippen LogP contribution in [-0.2, 0) is 6.54 Å². The third kappa shape index (κ3) is 3.67. The molecule has 1 aromatic carbocycles. The van der Waals surface area contributed by atoms with Crippen LogP contribution in [0.1, 0.15) is 25.3 Å². The number of nitrogens with one attached hydrogen (secondary N) is 1. The first-order valence-corrected chi connectivity index (χ1v) is 6.98. The summed E-state index contributed by atoms with van der Waals surface area (Å²) in [6.45, 7) is 6.03. The van der Waals surface area contributed by atoms with Gasteiger partial charge in [-0.05, 0) is 38.9 Å². The van der Waals surface area contributed by atoms with E-state index in [1.807, 2.05) is 6.07 Å². The first-order chi connectivity index (χ1) is 9.22. The van der Waals surface area contributed by atoms with E-state index in [-0.39, 0.29) is 5.82 Å². The number of nitrogens with zero attached hydrogens (tertiary/aromatic N) is 1. The van der Waals surface area contributed by atoms with Crippen LogP contribution in [0.4, 0.5) is 4.39 Å². The van der Waals surface area contributed by atoms with Gasteiger partial charge in [0.15, 0.2) is 11.6 Å². The Morgan fingerprint density at radius 2 is 2.11 bits per heavy atom. The average molecular weight is 266 g/mol. The Hall–Kier alpha value is -1.13. The molecule has 106 valence electrons. The van der Waals surface area contributed by atoms with E-state index in [1.165, 1.54) is 33.0 Å². The Morgan fingerprint density at radius 1 is 1.37 bits per heavy atom. The monoisotopic (exact) mass is 266 g/mol. The third-order valence-corrected chi connectivity index (χ3v) is 3.78. The first-order valence-electron chi connectivity index (χ1n) is 6.98. The van der Waals surface area contributed by atoms with E-state index in [9.17, 15) is 4.39 Å². The van der Waals surface area contributed by atoms with Crippen LogP contribution in [0, 0.1) is 5.82 Å². The summed E-state index contributed by atoms with van der Waals surface area (Å²) in [6.07, 6.45) is 2.60. The van der Waals surface area contributed by atoms with Crippen molar-refractivity contribution in [1.29, 1.82) is 0 Å². The predicted octanol–water partition coefficient (Wildman–Crippen LogP) is 2.41. The molecule has 1 N–H and O–H groups in total. The number of rotatable bonds is 6. The number of ether oxygens (including phenoxy) is 1. The molecular formula is C15H23FN2O. The van der Waals surface area contributed by atoms with E-state index >= 15 is 0 Å². The highest BCUT2D eigenvalue weighted by Crippen LogP contribution is 2.19. The molecular weight excluding hydrogens is 243 g/mol. The summed E-state index contributed by atoms with van der Waals surface area (Å²) in [5.41, 5.74) is 0.660. The van der Waals surface area contributed by atoms with Gasteiger partial charge >= 0.3 is 0 Å². The zero-order valence-electron chi connectivity index (χ0n) is 11.8. The van der Waals surface area contributed by atoms with E-state index in [0.29, 0.717) is 23.9 Å². The molecule has 0 aromatic heterocycles. The molecule has 19 heavy (non-hydrogen) atoms. The fourth-order valence-electron chi connectivity index (χ4n) is 2.58. The van der Waals surface area contributed by atoms with Crippen LogP contribution >= 0.6 is 0 Å². The lowest BCUT2D eigenvalue weighted by Gasteiger charge is -2.24. The molecule has 0 saturated carbocycles. The summed E-state index contributed by atoms with van der Waals surface area (Å²) in [7, 11) is 1.49. The van der Waals surface area contributed by atoms with Gasteiger partial charge in [-0.15, -0.1) is 0 Å². The highest BCUT2D eigenvalue weighted by atomic mass is 19.1. The lowest BCUT2D eigenvalue weighted by atomic mass is 10.2. The third-order valence-electron chi connectivity index (χ3n) is 3.78. The van der Waals surface area contributed by atoms with Crippen LogP contribution in [0.2, 0.25) is 0 Å². The SMILES string of the molecule is COc1cccc(CNCC(C)N2CCCC2)c1F. The number of halogens is 1. The van der Waals surface area contributed by atoms with Gasteiger partial charge in [0.1, 0.15) is 0 Å². The van der Waals surface area contributed by atoms with Crippen LogP contribution < -0.4 is 10.1 Å². The zero-order valence-corrected chi connectivity index (χ0v) is 11.8. The Morgan fingerprint density at radius 3 is 2.79 bits per heavy atom. The molecule has 1 unspecified atom stereocenters. The molecule has 1 fully saturated rings. The number of hydrogen-bond donors (Lipinski definition) is 1. The van der Waals surface area contributed by atoms with Crippen molar-refractivity contribution < 1.29 is 9.13 Å².